The molecule has 0 bridgehead atoms. The molecule has 1 fully saturated rings. The molecule has 3 aromatic heterocycles. The smallest absolute Gasteiger partial charge is 0.341 e. The lowest BCUT2D eigenvalue weighted by molar-refractivity contribution is -0.0470. The summed E-state index contributed by atoms with van der Waals surface area (Å²) in [5, 5.41) is 4.20. The van der Waals surface area contributed by atoms with Gasteiger partial charge in [-0.15, -0.1) is 0 Å². The minimum atomic E-state index is -2.39. The third-order valence-corrected chi connectivity index (χ3v) is 24.6. The van der Waals surface area contributed by atoms with Crippen LogP contribution >= 0.6 is 0 Å². The van der Waals surface area contributed by atoms with Gasteiger partial charge in [0.15, 0.2) is 42.6 Å². The fourth-order valence-corrected chi connectivity index (χ4v) is 8.46. The molecule has 0 amide bonds. The molecule has 4 atom stereocenters. The summed E-state index contributed by atoms with van der Waals surface area (Å²) in [6.45, 7) is 36.0. The maximum absolute atomic E-state index is 12.4. The summed E-state index contributed by atoms with van der Waals surface area (Å²) in [4.78, 5) is 26.3. The number of ether oxygens (including phenoxy) is 2. The summed E-state index contributed by atoms with van der Waals surface area (Å²) in [7, 11) is -6.87. The molecular formula is C34H61N7O6Si3. The third kappa shape index (κ3) is 8.10. The highest BCUT2D eigenvalue weighted by Crippen LogP contribution is 2.47. The Kier molecular flexibility index (Phi) is 11.1. The SMILES string of the molecule is CCOC(=O)c1cnn(-c2nc(N)c3ncn(C4OC(CO[Si](C)(C)C(C)(C)C)[C@@H](O[Si](C)(C)C(C)(C)C)[C@H]4O[Si](C)(C)C(C)(C)C)c3n2)c1. The molecule has 0 aromatic carbocycles. The Hall–Kier alpha value is -2.48. The van der Waals surface area contributed by atoms with Crippen molar-refractivity contribution in [3.05, 3.63) is 24.3 Å². The number of carbonyl (C=O) groups excluding carboxylic acids is 1. The number of nitrogens with zero attached hydrogens (tertiary/aromatic N) is 6. The number of esters is 1. The highest BCUT2D eigenvalue weighted by atomic mass is 28.4. The molecule has 2 unspecified atom stereocenters. The Labute approximate surface area is 301 Å². The molecule has 0 radical (unpaired) electrons. The predicted molar refractivity (Wildman–Crippen MR) is 204 cm³/mol. The zero-order valence-corrected chi connectivity index (χ0v) is 36.2. The first-order chi connectivity index (χ1) is 22.7. The van der Waals surface area contributed by atoms with Gasteiger partial charge in [-0.1, -0.05) is 62.3 Å². The Morgan fingerprint density at radius 3 is 1.98 bits per heavy atom. The van der Waals surface area contributed by atoms with Crippen LogP contribution in [0.3, 0.4) is 0 Å². The van der Waals surface area contributed by atoms with Gasteiger partial charge < -0.3 is 28.5 Å². The number of fused-ring (bicyclic) bond motifs is 1. The maximum Gasteiger partial charge on any atom is 0.341 e. The number of hydrogen-bond acceptors (Lipinski definition) is 11. The van der Waals surface area contributed by atoms with Crippen molar-refractivity contribution in [1.29, 1.82) is 0 Å². The van der Waals surface area contributed by atoms with E-state index in [0.29, 0.717) is 17.8 Å². The monoisotopic (exact) mass is 747 g/mol. The molecule has 1 aliphatic heterocycles. The van der Waals surface area contributed by atoms with Gasteiger partial charge in [0.2, 0.25) is 0 Å². The van der Waals surface area contributed by atoms with E-state index in [0.717, 1.165) is 0 Å². The first-order valence-electron chi connectivity index (χ1n) is 17.6. The quantitative estimate of drug-likeness (QED) is 0.154. The summed E-state index contributed by atoms with van der Waals surface area (Å²) in [6, 6.07) is 0. The molecule has 0 spiro atoms. The average Bonchev–Trinajstić information content (AvgIpc) is 3.68. The molecule has 1 aliphatic rings. The summed E-state index contributed by atoms with van der Waals surface area (Å²) in [5.74, 6) is -0.135. The summed E-state index contributed by atoms with van der Waals surface area (Å²) in [5.41, 5.74) is 7.63. The van der Waals surface area contributed by atoms with Gasteiger partial charge in [-0.25, -0.2) is 14.5 Å². The normalized spacial score (nSPS) is 21.3. The molecular weight excluding hydrogens is 687 g/mol. The molecule has 2 N–H and O–H groups in total. The van der Waals surface area contributed by atoms with Crippen LogP contribution in [0, 0.1) is 0 Å². The minimum Gasteiger partial charge on any atom is -0.462 e. The lowest BCUT2D eigenvalue weighted by Crippen LogP contribution is -2.54. The van der Waals surface area contributed by atoms with E-state index in [1.807, 2.05) is 4.57 Å². The standard InChI is InChI=1S/C34H61N7O6Si3/c1-17-43-30(42)22-18-37-41(19-22)31-38-27(35)24-28(39-31)40(21-36-24)29-26(47-50(15,16)34(8,9)10)25(46-49(13,14)33(5,6)7)23(45-29)20-44-48(11,12)32(2,3)4/h18-19,21,23,25-26,29H,17,20H2,1-16H3,(H2,35,38,39)/t23?,25-,26-,29?/m1/s1. The number of nitrogens with two attached hydrogens (primary N) is 1. The molecule has 280 valence electrons. The van der Waals surface area contributed by atoms with Gasteiger partial charge in [0.1, 0.15) is 23.8 Å². The van der Waals surface area contributed by atoms with E-state index in [-0.39, 0.29) is 39.1 Å². The van der Waals surface area contributed by atoms with E-state index >= 15 is 0 Å². The second kappa shape index (κ2) is 13.8. The number of nitrogen functional groups attached to an aromatic ring is 1. The lowest BCUT2D eigenvalue weighted by atomic mass is 10.1. The van der Waals surface area contributed by atoms with E-state index in [4.69, 9.17) is 33.5 Å². The fourth-order valence-electron chi connectivity index (χ4n) is 4.84. The molecule has 1 saturated heterocycles. The number of imidazole rings is 1. The van der Waals surface area contributed by atoms with Gasteiger partial charge in [-0.05, 0) is 61.3 Å². The number of anilines is 1. The fraction of sp³-hybridized carbons (Fsp3) is 0.735. The van der Waals surface area contributed by atoms with E-state index in [1.54, 1.807) is 13.3 Å². The van der Waals surface area contributed by atoms with Crippen LogP contribution in [0.25, 0.3) is 17.1 Å². The number of carbonyl (C=O) groups is 1. The summed E-state index contributed by atoms with van der Waals surface area (Å²) < 4.78 is 36.9. The van der Waals surface area contributed by atoms with Gasteiger partial charge >= 0.3 is 5.97 Å². The molecule has 4 heterocycles. The largest absolute Gasteiger partial charge is 0.462 e. The summed E-state index contributed by atoms with van der Waals surface area (Å²) in [6.07, 6.45) is 2.60. The molecule has 50 heavy (non-hydrogen) atoms. The zero-order valence-electron chi connectivity index (χ0n) is 33.2. The Bertz CT molecular complexity index is 1670. The number of rotatable bonds is 11. The Morgan fingerprint density at radius 1 is 0.880 bits per heavy atom. The van der Waals surface area contributed by atoms with Crippen LogP contribution in [0.15, 0.2) is 18.7 Å². The van der Waals surface area contributed by atoms with E-state index < -0.39 is 55.5 Å². The molecule has 0 aliphatic carbocycles. The number of aromatic nitrogens is 6. The van der Waals surface area contributed by atoms with Gasteiger partial charge in [0.25, 0.3) is 5.95 Å². The van der Waals surface area contributed by atoms with Crippen molar-refractivity contribution in [3.8, 4) is 5.95 Å². The second-order valence-corrected chi connectivity index (χ2v) is 32.3. The van der Waals surface area contributed by atoms with Crippen LogP contribution in [-0.2, 0) is 22.8 Å². The maximum atomic E-state index is 12.4. The van der Waals surface area contributed by atoms with Crippen molar-refractivity contribution in [3.63, 3.8) is 0 Å². The van der Waals surface area contributed by atoms with Crippen LogP contribution in [0.1, 0.15) is 85.8 Å². The lowest BCUT2D eigenvalue weighted by Gasteiger charge is -2.44. The van der Waals surface area contributed by atoms with E-state index in [2.05, 4.69) is 117 Å². The van der Waals surface area contributed by atoms with Crippen molar-refractivity contribution in [2.75, 3.05) is 18.9 Å². The topological polar surface area (TPSA) is 151 Å². The molecule has 16 heteroatoms. The van der Waals surface area contributed by atoms with Crippen LogP contribution in [-0.4, -0.2) is 91.7 Å². The first-order valence-corrected chi connectivity index (χ1v) is 26.3. The van der Waals surface area contributed by atoms with Gasteiger partial charge in [0.05, 0.1) is 31.3 Å². The van der Waals surface area contributed by atoms with Crippen molar-refractivity contribution in [2.45, 2.75) is 148 Å². The molecule has 13 nitrogen and oxygen atoms in total. The minimum absolute atomic E-state index is 0.0167. The number of hydrogen-bond donors (Lipinski definition) is 1. The van der Waals surface area contributed by atoms with E-state index in [1.165, 1.54) is 17.1 Å². The Balaban J connectivity index is 1.87. The van der Waals surface area contributed by atoms with Crippen molar-refractivity contribution >= 4 is 47.9 Å². The van der Waals surface area contributed by atoms with E-state index in [9.17, 15) is 4.79 Å². The van der Waals surface area contributed by atoms with Crippen molar-refractivity contribution in [1.82, 2.24) is 29.3 Å². The molecule has 3 aromatic rings. The highest BCUT2D eigenvalue weighted by Gasteiger charge is 2.55. The highest BCUT2D eigenvalue weighted by molar-refractivity contribution is 6.75. The van der Waals surface area contributed by atoms with Crippen LogP contribution < -0.4 is 5.73 Å². The Morgan fingerprint density at radius 2 is 1.44 bits per heavy atom. The van der Waals surface area contributed by atoms with Gasteiger partial charge in [-0.3, -0.25) is 4.57 Å². The summed E-state index contributed by atoms with van der Waals surface area (Å²) >= 11 is 0. The van der Waals surface area contributed by atoms with Gasteiger partial charge in [-0.2, -0.15) is 15.1 Å². The third-order valence-electron chi connectivity index (χ3n) is 11.2. The molecule has 4 rings (SSSR count). The second-order valence-electron chi connectivity index (χ2n) is 17.9. The zero-order chi connectivity index (χ0) is 37.8. The van der Waals surface area contributed by atoms with Crippen molar-refractivity contribution < 1.29 is 27.5 Å². The van der Waals surface area contributed by atoms with Crippen molar-refractivity contribution in [2.24, 2.45) is 0 Å². The van der Waals surface area contributed by atoms with Crippen LogP contribution in [0.4, 0.5) is 5.82 Å². The first kappa shape index (κ1) is 40.3. The molecule has 0 saturated carbocycles. The van der Waals surface area contributed by atoms with Crippen LogP contribution in [0.2, 0.25) is 54.4 Å². The average molecular weight is 748 g/mol. The van der Waals surface area contributed by atoms with Crippen LogP contribution in [0.5, 0.6) is 0 Å². The van der Waals surface area contributed by atoms with Gasteiger partial charge in [0, 0.05) is 6.20 Å². The predicted octanol–water partition coefficient (Wildman–Crippen LogP) is 7.47.